The second-order valence-corrected chi connectivity index (χ2v) is 15.7. The lowest BCUT2D eigenvalue weighted by atomic mass is 9.94. The van der Waals surface area contributed by atoms with Gasteiger partial charge in [-0.2, -0.15) is 0 Å². The number of hydrogen-bond donors (Lipinski definition) is 0. The Morgan fingerprint density at radius 3 is 1.59 bits per heavy atom. The molecule has 0 amide bonds. The third kappa shape index (κ3) is 5.82. The summed E-state index contributed by atoms with van der Waals surface area (Å²) in [5.74, 6) is 0. The van der Waals surface area contributed by atoms with Crippen molar-refractivity contribution < 1.29 is 4.42 Å². The van der Waals surface area contributed by atoms with Gasteiger partial charge in [0.25, 0.3) is 0 Å². The predicted octanol–water partition coefficient (Wildman–Crippen LogP) is 16.3. The highest BCUT2D eigenvalue weighted by molar-refractivity contribution is 6.26. The summed E-state index contributed by atoms with van der Waals surface area (Å²) in [6.07, 6.45) is 0. The first-order valence-corrected chi connectivity index (χ1v) is 20.8. The first-order valence-electron chi connectivity index (χ1n) is 20.8. The van der Waals surface area contributed by atoms with E-state index in [-0.39, 0.29) is 0 Å². The average Bonchev–Trinajstić information content (AvgIpc) is 3.89. The maximum Gasteiger partial charge on any atom is 0.137 e. The van der Waals surface area contributed by atoms with Crippen LogP contribution in [0.15, 0.2) is 235 Å². The minimum atomic E-state index is 0.852. The minimum Gasteiger partial charge on any atom is -0.456 e. The lowest BCUT2D eigenvalue weighted by Crippen LogP contribution is -2.10. The fourth-order valence-electron chi connectivity index (χ4n) is 9.37. The van der Waals surface area contributed by atoms with Crippen LogP contribution in [-0.4, -0.2) is 4.57 Å². The Hall–Kier alpha value is -8.14. The average molecular weight is 779 g/mol. The van der Waals surface area contributed by atoms with E-state index in [2.05, 4.69) is 240 Å². The predicted molar refractivity (Wildman–Crippen MR) is 257 cm³/mol. The second kappa shape index (κ2) is 14.3. The van der Waals surface area contributed by atoms with Crippen molar-refractivity contribution >= 4 is 71.6 Å². The zero-order valence-electron chi connectivity index (χ0n) is 33.2. The van der Waals surface area contributed by atoms with Gasteiger partial charge in [-0.05, 0) is 111 Å². The molecule has 0 N–H and O–H groups in total. The number of para-hydroxylation sites is 3. The number of fused-ring (bicyclic) bond motifs is 8. The summed E-state index contributed by atoms with van der Waals surface area (Å²) in [6, 6.07) is 82.7. The van der Waals surface area contributed by atoms with Crippen LogP contribution < -0.4 is 4.90 Å². The minimum absolute atomic E-state index is 0.852. The van der Waals surface area contributed by atoms with E-state index in [0.717, 1.165) is 61.2 Å². The van der Waals surface area contributed by atoms with Gasteiger partial charge in [0.15, 0.2) is 0 Å². The molecule has 0 aliphatic rings. The van der Waals surface area contributed by atoms with Crippen molar-refractivity contribution in [1.29, 1.82) is 0 Å². The number of rotatable bonds is 7. The van der Waals surface area contributed by atoms with Gasteiger partial charge in [0.2, 0.25) is 0 Å². The molecule has 0 radical (unpaired) electrons. The molecule has 3 nitrogen and oxygen atoms in total. The molecular weight excluding hydrogens is 741 g/mol. The maximum atomic E-state index is 6.90. The highest BCUT2D eigenvalue weighted by atomic mass is 16.3. The fraction of sp³-hybridized carbons (Fsp3) is 0. The van der Waals surface area contributed by atoms with E-state index in [1.54, 1.807) is 0 Å². The van der Waals surface area contributed by atoms with E-state index < -0.39 is 0 Å². The van der Waals surface area contributed by atoms with Crippen LogP contribution in [0.1, 0.15) is 0 Å². The van der Waals surface area contributed by atoms with E-state index in [1.807, 2.05) is 0 Å². The van der Waals surface area contributed by atoms with Crippen molar-refractivity contribution in [2.24, 2.45) is 0 Å². The Morgan fingerprint density at radius 1 is 0.328 bits per heavy atom. The summed E-state index contributed by atoms with van der Waals surface area (Å²) >= 11 is 0. The molecule has 12 aromatic rings. The first-order chi connectivity index (χ1) is 30.3. The van der Waals surface area contributed by atoms with E-state index in [1.165, 1.54) is 49.4 Å². The second-order valence-electron chi connectivity index (χ2n) is 15.7. The molecule has 0 aliphatic carbocycles. The lowest BCUT2D eigenvalue weighted by Gasteiger charge is -2.26. The molecule has 2 heterocycles. The topological polar surface area (TPSA) is 21.3 Å². The van der Waals surface area contributed by atoms with Crippen molar-refractivity contribution in [3.05, 3.63) is 231 Å². The molecule has 3 heteroatoms. The molecule has 0 bridgehead atoms. The highest BCUT2D eigenvalue weighted by Gasteiger charge is 2.23. The summed E-state index contributed by atoms with van der Waals surface area (Å²) in [5, 5.41) is 7.02. The monoisotopic (exact) mass is 778 g/mol. The molecule has 0 fully saturated rings. The van der Waals surface area contributed by atoms with E-state index >= 15 is 0 Å². The highest BCUT2D eigenvalue weighted by Crippen LogP contribution is 2.47. The van der Waals surface area contributed by atoms with E-state index in [4.69, 9.17) is 4.42 Å². The number of hydrogen-bond acceptors (Lipinski definition) is 2. The smallest absolute Gasteiger partial charge is 0.137 e. The van der Waals surface area contributed by atoms with Gasteiger partial charge in [-0.25, -0.2) is 0 Å². The Morgan fingerprint density at radius 2 is 0.869 bits per heavy atom. The molecule has 0 saturated heterocycles. The molecule has 0 aliphatic heterocycles. The van der Waals surface area contributed by atoms with Gasteiger partial charge < -0.3 is 13.9 Å². The third-order valence-electron chi connectivity index (χ3n) is 12.2. The van der Waals surface area contributed by atoms with Crippen molar-refractivity contribution in [2.45, 2.75) is 0 Å². The summed E-state index contributed by atoms with van der Waals surface area (Å²) in [6.45, 7) is 0. The lowest BCUT2D eigenvalue weighted by molar-refractivity contribution is 0.669. The van der Waals surface area contributed by atoms with Crippen LogP contribution in [0.3, 0.4) is 0 Å². The molecule has 61 heavy (non-hydrogen) atoms. The molecule has 10 aromatic carbocycles. The van der Waals surface area contributed by atoms with E-state index in [0.29, 0.717) is 0 Å². The van der Waals surface area contributed by atoms with Gasteiger partial charge in [-0.15, -0.1) is 0 Å². The molecule has 0 spiro atoms. The van der Waals surface area contributed by atoms with Gasteiger partial charge in [0.05, 0.1) is 22.1 Å². The molecule has 12 rings (SSSR count). The number of aromatic nitrogens is 1. The standard InChI is InChI=1S/C58H38N2O/c1-4-15-39(16-5-1)40-27-29-41(30-28-40)42-31-34-46(35-32-42)59(44-17-6-2-7-18-44)53-25-14-26-55-58(53)57-50-23-11-10-21-47(50)51(38-56(57)61-55)43-33-36-49-48-22-12-13-24-52(48)60(54(49)37-43)45-19-8-3-9-20-45/h1-38H. The molecule has 2 aromatic heterocycles. The zero-order chi connectivity index (χ0) is 40.3. The summed E-state index contributed by atoms with van der Waals surface area (Å²) in [5.41, 5.74) is 15.5. The van der Waals surface area contributed by atoms with E-state index in [9.17, 15) is 0 Å². The zero-order valence-corrected chi connectivity index (χ0v) is 33.2. The van der Waals surface area contributed by atoms with Crippen LogP contribution in [0.4, 0.5) is 17.1 Å². The number of anilines is 3. The third-order valence-corrected chi connectivity index (χ3v) is 12.2. The Bertz CT molecular complexity index is 3550. The molecular formula is C58H38N2O. The SMILES string of the molecule is c1ccc(-c2ccc(-c3ccc(N(c4ccccc4)c4cccc5oc6cc(-c7ccc8c9ccccc9n(-c9ccccc9)c8c7)c7ccccc7c6c45)cc3)cc2)cc1. The summed E-state index contributed by atoms with van der Waals surface area (Å²) in [7, 11) is 0. The number of benzene rings is 10. The van der Waals surface area contributed by atoms with Crippen LogP contribution >= 0.6 is 0 Å². The molecule has 0 saturated carbocycles. The van der Waals surface area contributed by atoms with Gasteiger partial charge in [0, 0.05) is 33.2 Å². The first kappa shape index (κ1) is 34.9. The Kier molecular flexibility index (Phi) is 8.17. The maximum absolute atomic E-state index is 6.90. The number of furan rings is 1. The Balaban J connectivity index is 1.01. The molecule has 0 unspecified atom stereocenters. The normalized spacial score (nSPS) is 11.6. The van der Waals surface area contributed by atoms with Crippen LogP contribution in [0.5, 0.6) is 0 Å². The fourth-order valence-corrected chi connectivity index (χ4v) is 9.37. The van der Waals surface area contributed by atoms with Crippen molar-refractivity contribution in [3.63, 3.8) is 0 Å². The Labute approximate surface area is 353 Å². The summed E-state index contributed by atoms with van der Waals surface area (Å²) < 4.78 is 9.28. The van der Waals surface area contributed by atoms with Gasteiger partial charge in [-0.3, -0.25) is 0 Å². The van der Waals surface area contributed by atoms with Gasteiger partial charge in [0.1, 0.15) is 11.2 Å². The van der Waals surface area contributed by atoms with Crippen LogP contribution in [-0.2, 0) is 0 Å². The largest absolute Gasteiger partial charge is 0.456 e. The van der Waals surface area contributed by atoms with Crippen LogP contribution in [0.25, 0.3) is 93.6 Å². The van der Waals surface area contributed by atoms with Crippen molar-refractivity contribution in [2.75, 3.05) is 4.90 Å². The number of nitrogens with zero attached hydrogens (tertiary/aromatic N) is 2. The van der Waals surface area contributed by atoms with Crippen molar-refractivity contribution in [1.82, 2.24) is 4.57 Å². The molecule has 0 atom stereocenters. The van der Waals surface area contributed by atoms with Crippen LogP contribution in [0.2, 0.25) is 0 Å². The van der Waals surface area contributed by atoms with Gasteiger partial charge >= 0.3 is 0 Å². The van der Waals surface area contributed by atoms with Gasteiger partial charge in [-0.1, -0.05) is 164 Å². The quantitative estimate of drug-likeness (QED) is 0.161. The van der Waals surface area contributed by atoms with Crippen molar-refractivity contribution in [3.8, 4) is 39.1 Å². The molecule has 286 valence electrons. The van der Waals surface area contributed by atoms with Crippen LogP contribution in [0, 0.1) is 0 Å². The summed E-state index contributed by atoms with van der Waals surface area (Å²) in [4.78, 5) is 2.36.